The first kappa shape index (κ1) is 15.4. The molecule has 0 fully saturated rings. The van der Waals surface area contributed by atoms with Crippen molar-refractivity contribution in [3.63, 3.8) is 0 Å². The van der Waals surface area contributed by atoms with Crippen LogP contribution >= 0.6 is 0 Å². The highest BCUT2D eigenvalue weighted by molar-refractivity contribution is 5.48. The molecule has 0 saturated heterocycles. The topological polar surface area (TPSA) is 18.5 Å². The molecule has 21 heavy (non-hydrogen) atoms. The Labute approximate surface area is 127 Å². The molecule has 0 saturated carbocycles. The second kappa shape index (κ2) is 6.21. The van der Waals surface area contributed by atoms with Crippen molar-refractivity contribution in [1.82, 2.24) is 0 Å². The zero-order valence-corrected chi connectivity index (χ0v) is 13.8. The molecular formula is C19H24O2. The zero-order chi connectivity index (χ0) is 15.6. The van der Waals surface area contributed by atoms with Crippen LogP contribution in [0.2, 0.25) is 0 Å². The molecular weight excluding hydrogens is 260 g/mol. The molecule has 2 aromatic carbocycles. The molecule has 0 aliphatic heterocycles. The van der Waals surface area contributed by atoms with E-state index in [4.69, 9.17) is 9.47 Å². The Morgan fingerprint density at radius 1 is 0.619 bits per heavy atom. The third-order valence-corrected chi connectivity index (χ3v) is 4.17. The average molecular weight is 284 g/mol. The summed E-state index contributed by atoms with van der Waals surface area (Å²) in [4.78, 5) is 0. The van der Waals surface area contributed by atoms with E-state index in [1.165, 1.54) is 33.4 Å². The van der Waals surface area contributed by atoms with Crippen LogP contribution in [0.4, 0.5) is 0 Å². The van der Waals surface area contributed by atoms with Gasteiger partial charge in [-0.25, -0.2) is 0 Å². The molecule has 0 spiro atoms. The van der Waals surface area contributed by atoms with E-state index in [2.05, 4.69) is 52.0 Å². The summed E-state index contributed by atoms with van der Waals surface area (Å²) in [6.07, 6.45) is 0.814. The van der Waals surface area contributed by atoms with Gasteiger partial charge in [0.25, 0.3) is 0 Å². The summed E-state index contributed by atoms with van der Waals surface area (Å²) in [6.45, 7) is 8.49. The fraction of sp³-hybridized carbons (Fsp3) is 0.368. The van der Waals surface area contributed by atoms with Gasteiger partial charge in [-0.15, -0.1) is 0 Å². The molecule has 0 amide bonds. The van der Waals surface area contributed by atoms with Crippen LogP contribution in [0, 0.1) is 27.7 Å². The van der Waals surface area contributed by atoms with Crippen molar-refractivity contribution >= 4 is 0 Å². The summed E-state index contributed by atoms with van der Waals surface area (Å²) in [6, 6.07) is 8.64. The van der Waals surface area contributed by atoms with E-state index in [9.17, 15) is 0 Å². The normalized spacial score (nSPS) is 10.6. The highest BCUT2D eigenvalue weighted by Gasteiger charge is 2.11. The van der Waals surface area contributed by atoms with Crippen LogP contribution in [0.15, 0.2) is 24.3 Å². The van der Waals surface area contributed by atoms with Crippen LogP contribution < -0.4 is 9.47 Å². The van der Waals surface area contributed by atoms with Gasteiger partial charge in [-0.1, -0.05) is 12.1 Å². The minimum Gasteiger partial charge on any atom is -0.496 e. The Hall–Kier alpha value is -1.96. The van der Waals surface area contributed by atoms with Gasteiger partial charge >= 0.3 is 0 Å². The number of ether oxygens (including phenoxy) is 2. The third kappa shape index (κ3) is 3.21. The van der Waals surface area contributed by atoms with Crippen molar-refractivity contribution in [2.45, 2.75) is 34.1 Å². The Morgan fingerprint density at radius 3 is 1.29 bits per heavy atom. The largest absolute Gasteiger partial charge is 0.496 e. The summed E-state index contributed by atoms with van der Waals surface area (Å²) in [5, 5.41) is 0. The standard InChI is InChI=1S/C19H24O2/c1-12-7-16(18(20-5)9-14(12)3)11-17-8-13(2)15(4)10-19(17)21-6/h7-10H,11H2,1-6H3. The first-order chi connectivity index (χ1) is 9.96. The van der Waals surface area contributed by atoms with Gasteiger partial charge < -0.3 is 9.47 Å². The van der Waals surface area contributed by atoms with E-state index >= 15 is 0 Å². The van der Waals surface area contributed by atoms with Gasteiger partial charge in [-0.2, -0.15) is 0 Å². The summed E-state index contributed by atoms with van der Waals surface area (Å²) in [5.74, 6) is 1.89. The monoisotopic (exact) mass is 284 g/mol. The first-order valence-corrected chi connectivity index (χ1v) is 7.24. The van der Waals surface area contributed by atoms with Gasteiger partial charge in [0, 0.05) is 6.42 Å². The average Bonchev–Trinajstić information content (AvgIpc) is 2.46. The van der Waals surface area contributed by atoms with Crippen molar-refractivity contribution in [1.29, 1.82) is 0 Å². The second-order valence-electron chi connectivity index (χ2n) is 5.67. The minimum atomic E-state index is 0.814. The Kier molecular flexibility index (Phi) is 4.56. The minimum absolute atomic E-state index is 0.814. The second-order valence-corrected chi connectivity index (χ2v) is 5.67. The van der Waals surface area contributed by atoms with Crippen LogP contribution in [-0.4, -0.2) is 14.2 Å². The van der Waals surface area contributed by atoms with Crippen molar-refractivity contribution in [2.24, 2.45) is 0 Å². The number of benzene rings is 2. The van der Waals surface area contributed by atoms with Gasteiger partial charge in [0.15, 0.2) is 0 Å². The maximum Gasteiger partial charge on any atom is 0.122 e. The van der Waals surface area contributed by atoms with Crippen LogP contribution in [0.25, 0.3) is 0 Å². The lowest BCUT2D eigenvalue weighted by molar-refractivity contribution is 0.405. The molecule has 0 heterocycles. The van der Waals surface area contributed by atoms with Crippen LogP contribution in [0.3, 0.4) is 0 Å². The zero-order valence-electron chi connectivity index (χ0n) is 13.8. The van der Waals surface area contributed by atoms with E-state index < -0.39 is 0 Å². The van der Waals surface area contributed by atoms with E-state index in [0.717, 1.165) is 17.9 Å². The first-order valence-electron chi connectivity index (χ1n) is 7.24. The molecule has 0 N–H and O–H groups in total. The maximum atomic E-state index is 5.54. The predicted molar refractivity (Wildman–Crippen MR) is 87.7 cm³/mol. The smallest absolute Gasteiger partial charge is 0.122 e. The summed E-state index contributed by atoms with van der Waals surface area (Å²) >= 11 is 0. The molecule has 2 heteroatoms. The highest BCUT2D eigenvalue weighted by Crippen LogP contribution is 2.30. The quantitative estimate of drug-likeness (QED) is 0.821. The van der Waals surface area contributed by atoms with Gasteiger partial charge in [0.05, 0.1) is 14.2 Å². The van der Waals surface area contributed by atoms with Gasteiger partial charge in [0.2, 0.25) is 0 Å². The lowest BCUT2D eigenvalue weighted by atomic mass is 9.96. The fourth-order valence-corrected chi connectivity index (χ4v) is 2.56. The molecule has 0 bridgehead atoms. The molecule has 0 radical (unpaired) electrons. The summed E-state index contributed by atoms with van der Waals surface area (Å²) in [5.41, 5.74) is 7.47. The Balaban J connectivity index is 2.47. The molecule has 2 aromatic rings. The molecule has 2 rings (SSSR count). The maximum absolute atomic E-state index is 5.54. The summed E-state index contributed by atoms with van der Waals surface area (Å²) in [7, 11) is 3.45. The molecule has 112 valence electrons. The molecule has 0 aromatic heterocycles. The molecule has 0 atom stereocenters. The third-order valence-electron chi connectivity index (χ3n) is 4.17. The van der Waals surface area contributed by atoms with Gasteiger partial charge in [0.1, 0.15) is 11.5 Å². The Morgan fingerprint density at radius 2 is 0.952 bits per heavy atom. The number of hydrogen-bond acceptors (Lipinski definition) is 2. The van der Waals surface area contributed by atoms with E-state index in [1.807, 2.05) is 0 Å². The highest BCUT2D eigenvalue weighted by atomic mass is 16.5. The van der Waals surface area contributed by atoms with E-state index in [0.29, 0.717) is 0 Å². The van der Waals surface area contributed by atoms with Gasteiger partial charge in [-0.05, 0) is 73.2 Å². The lowest BCUT2D eigenvalue weighted by Gasteiger charge is -2.15. The number of hydrogen-bond donors (Lipinski definition) is 0. The number of aryl methyl sites for hydroxylation is 4. The van der Waals surface area contributed by atoms with E-state index in [-0.39, 0.29) is 0 Å². The predicted octanol–water partition coefficient (Wildman–Crippen LogP) is 4.53. The SMILES string of the molecule is COc1cc(C)c(C)cc1Cc1cc(C)c(C)cc1OC. The fourth-order valence-electron chi connectivity index (χ4n) is 2.56. The van der Waals surface area contributed by atoms with Crippen molar-refractivity contribution in [2.75, 3.05) is 14.2 Å². The van der Waals surface area contributed by atoms with Crippen molar-refractivity contribution < 1.29 is 9.47 Å². The van der Waals surface area contributed by atoms with Crippen LogP contribution in [0.1, 0.15) is 33.4 Å². The van der Waals surface area contributed by atoms with Crippen LogP contribution in [0.5, 0.6) is 11.5 Å². The van der Waals surface area contributed by atoms with Crippen LogP contribution in [-0.2, 0) is 6.42 Å². The van der Waals surface area contributed by atoms with Gasteiger partial charge in [-0.3, -0.25) is 0 Å². The number of methoxy groups -OCH3 is 2. The van der Waals surface area contributed by atoms with E-state index in [1.54, 1.807) is 14.2 Å². The molecule has 2 nitrogen and oxygen atoms in total. The van der Waals surface area contributed by atoms with Crippen molar-refractivity contribution in [3.05, 3.63) is 57.6 Å². The lowest BCUT2D eigenvalue weighted by Crippen LogP contribution is -2.00. The summed E-state index contributed by atoms with van der Waals surface area (Å²) < 4.78 is 11.1. The number of rotatable bonds is 4. The molecule has 0 unspecified atom stereocenters. The Bertz CT molecular complexity index is 600. The molecule has 0 aliphatic carbocycles. The molecule has 0 aliphatic rings. The van der Waals surface area contributed by atoms with Crippen molar-refractivity contribution in [3.8, 4) is 11.5 Å².